The minimum atomic E-state index is -3.72. The monoisotopic (exact) mass is 410 g/mol. The van der Waals surface area contributed by atoms with E-state index in [-0.39, 0.29) is 10.6 Å². The fourth-order valence-corrected chi connectivity index (χ4v) is 5.14. The van der Waals surface area contributed by atoms with Crippen molar-refractivity contribution in [3.05, 3.63) is 28.3 Å². The SMILES string of the molecule is CNS(=O)(=O)c1ccc(NC[C@H]2CCCN2CC2CCCCC2)c([N+](=O)[O-])c1. The highest BCUT2D eigenvalue weighted by Gasteiger charge is 2.28. The zero-order chi connectivity index (χ0) is 20.1. The molecule has 2 N–H and O–H groups in total. The average Bonchev–Trinajstić information content (AvgIpc) is 3.13. The van der Waals surface area contributed by atoms with E-state index >= 15 is 0 Å². The number of anilines is 1. The molecule has 156 valence electrons. The lowest BCUT2D eigenvalue weighted by atomic mass is 9.89. The van der Waals surface area contributed by atoms with Crippen molar-refractivity contribution in [1.82, 2.24) is 9.62 Å². The molecule has 28 heavy (non-hydrogen) atoms. The molecule has 0 radical (unpaired) electrons. The summed E-state index contributed by atoms with van der Waals surface area (Å²) in [5, 5.41) is 14.7. The van der Waals surface area contributed by atoms with Crippen LogP contribution in [0.1, 0.15) is 44.9 Å². The van der Waals surface area contributed by atoms with E-state index in [2.05, 4.69) is 14.9 Å². The summed E-state index contributed by atoms with van der Waals surface area (Å²) >= 11 is 0. The van der Waals surface area contributed by atoms with E-state index in [1.54, 1.807) is 0 Å². The molecule has 1 aliphatic carbocycles. The Bertz CT molecular complexity index is 793. The quantitative estimate of drug-likeness (QED) is 0.504. The maximum Gasteiger partial charge on any atom is 0.293 e. The number of nitrogens with one attached hydrogen (secondary N) is 2. The first-order chi connectivity index (χ1) is 13.4. The first-order valence-electron chi connectivity index (χ1n) is 10.1. The summed E-state index contributed by atoms with van der Waals surface area (Å²) in [5.41, 5.74) is 0.151. The largest absolute Gasteiger partial charge is 0.378 e. The molecule has 1 heterocycles. The van der Waals surface area contributed by atoms with Gasteiger partial charge in [-0.1, -0.05) is 19.3 Å². The molecule has 2 fully saturated rings. The van der Waals surface area contributed by atoms with Crippen molar-refractivity contribution in [2.75, 3.05) is 32.0 Å². The zero-order valence-corrected chi connectivity index (χ0v) is 17.2. The average molecular weight is 411 g/mol. The van der Waals surface area contributed by atoms with Crippen molar-refractivity contribution in [3.63, 3.8) is 0 Å². The molecule has 0 spiro atoms. The summed E-state index contributed by atoms with van der Waals surface area (Å²) < 4.78 is 26.0. The molecule has 1 atom stereocenters. The van der Waals surface area contributed by atoms with Gasteiger partial charge in [0.1, 0.15) is 5.69 Å². The second kappa shape index (κ2) is 9.19. The minimum Gasteiger partial charge on any atom is -0.378 e. The zero-order valence-electron chi connectivity index (χ0n) is 16.4. The Morgan fingerprint density at radius 3 is 2.61 bits per heavy atom. The number of nitro benzene ring substituents is 1. The van der Waals surface area contributed by atoms with E-state index in [0.717, 1.165) is 37.9 Å². The molecule has 0 unspecified atom stereocenters. The topological polar surface area (TPSA) is 105 Å². The van der Waals surface area contributed by atoms with Crippen molar-refractivity contribution < 1.29 is 13.3 Å². The third-order valence-electron chi connectivity index (χ3n) is 5.99. The third kappa shape index (κ3) is 5.01. The Kier molecular flexibility index (Phi) is 6.90. The van der Waals surface area contributed by atoms with Gasteiger partial charge in [0.15, 0.2) is 0 Å². The van der Waals surface area contributed by atoms with Gasteiger partial charge in [0.05, 0.1) is 9.82 Å². The Labute approximate surface area is 166 Å². The normalized spacial score (nSPS) is 21.7. The number of hydrogen-bond acceptors (Lipinski definition) is 6. The number of nitro groups is 1. The summed E-state index contributed by atoms with van der Waals surface area (Å²) in [4.78, 5) is 13.3. The summed E-state index contributed by atoms with van der Waals surface area (Å²) in [6.07, 6.45) is 8.86. The van der Waals surface area contributed by atoms with Gasteiger partial charge in [-0.2, -0.15) is 0 Å². The lowest BCUT2D eigenvalue weighted by Crippen LogP contribution is -2.38. The van der Waals surface area contributed by atoms with Crippen molar-refractivity contribution in [3.8, 4) is 0 Å². The van der Waals surface area contributed by atoms with Crippen LogP contribution in [-0.4, -0.2) is 51.0 Å². The van der Waals surface area contributed by atoms with E-state index in [1.165, 1.54) is 51.3 Å². The number of nitrogens with zero attached hydrogens (tertiary/aromatic N) is 2. The summed E-state index contributed by atoms with van der Waals surface area (Å²) in [5.74, 6) is 0.773. The molecule has 0 aromatic heterocycles. The molecule has 3 rings (SSSR count). The maximum absolute atomic E-state index is 11.9. The highest BCUT2D eigenvalue weighted by molar-refractivity contribution is 7.89. The van der Waals surface area contributed by atoms with Gasteiger partial charge in [0, 0.05) is 25.2 Å². The molecule has 2 aliphatic rings. The van der Waals surface area contributed by atoms with Gasteiger partial charge in [-0.05, 0) is 57.3 Å². The number of benzene rings is 1. The fraction of sp³-hybridized carbons (Fsp3) is 0.684. The summed E-state index contributed by atoms with van der Waals surface area (Å²) in [6, 6.07) is 4.36. The van der Waals surface area contributed by atoms with Crippen LogP contribution < -0.4 is 10.0 Å². The van der Waals surface area contributed by atoms with Crippen LogP contribution >= 0.6 is 0 Å². The van der Waals surface area contributed by atoms with E-state index < -0.39 is 14.9 Å². The van der Waals surface area contributed by atoms with Crippen molar-refractivity contribution >= 4 is 21.4 Å². The Balaban J connectivity index is 1.66. The van der Waals surface area contributed by atoms with E-state index in [9.17, 15) is 18.5 Å². The van der Waals surface area contributed by atoms with Crippen molar-refractivity contribution in [2.24, 2.45) is 5.92 Å². The lowest BCUT2D eigenvalue weighted by molar-refractivity contribution is -0.384. The second-order valence-corrected chi connectivity index (χ2v) is 9.71. The Morgan fingerprint density at radius 2 is 1.93 bits per heavy atom. The van der Waals surface area contributed by atoms with E-state index in [4.69, 9.17) is 0 Å². The number of sulfonamides is 1. The number of hydrogen-bond donors (Lipinski definition) is 2. The van der Waals surface area contributed by atoms with Crippen LogP contribution in [0.3, 0.4) is 0 Å². The second-order valence-electron chi connectivity index (χ2n) is 7.82. The predicted molar refractivity (Wildman–Crippen MR) is 109 cm³/mol. The fourth-order valence-electron chi connectivity index (χ4n) is 4.39. The molecule has 0 bridgehead atoms. The summed E-state index contributed by atoms with van der Waals surface area (Å²) in [6.45, 7) is 2.84. The molecule has 0 amide bonds. The van der Waals surface area contributed by atoms with Gasteiger partial charge in [-0.15, -0.1) is 0 Å². The first-order valence-corrected chi connectivity index (χ1v) is 11.6. The highest BCUT2D eigenvalue weighted by Crippen LogP contribution is 2.30. The predicted octanol–water partition coefficient (Wildman–Crippen LogP) is 2.96. The molecule has 8 nitrogen and oxygen atoms in total. The molecular formula is C19H30N4O4S. The molecule has 1 aliphatic heterocycles. The van der Waals surface area contributed by atoms with Gasteiger partial charge < -0.3 is 5.32 Å². The van der Waals surface area contributed by atoms with Crippen LogP contribution in [-0.2, 0) is 10.0 Å². The third-order valence-corrected chi connectivity index (χ3v) is 7.40. The van der Waals surface area contributed by atoms with Crippen molar-refractivity contribution in [2.45, 2.75) is 55.9 Å². The Hall–Kier alpha value is -1.71. The highest BCUT2D eigenvalue weighted by atomic mass is 32.2. The Morgan fingerprint density at radius 1 is 1.18 bits per heavy atom. The number of likely N-dealkylation sites (tertiary alicyclic amines) is 1. The van der Waals surface area contributed by atoms with Crippen LogP contribution in [0.5, 0.6) is 0 Å². The molecule has 1 saturated carbocycles. The van der Waals surface area contributed by atoms with Gasteiger partial charge in [0.25, 0.3) is 5.69 Å². The number of rotatable bonds is 8. The summed E-state index contributed by atoms with van der Waals surface area (Å²) in [7, 11) is -2.43. The molecular weight excluding hydrogens is 380 g/mol. The minimum absolute atomic E-state index is 0.105. The molecule has 1 aromatic carbocycles. The maximum atomic E-state index is 11.9. The van der Waals surface area contributed by atoms with E-state index in [1.807, 2.05) is 0 Å². The van der Waals surface area contributed by atoms with Crippen LogP contribution in [0, 0.1) is 16.0 Å². The molecule has 1 aromatic rings. The van der Waals surface area contributed by atoms with Gasteiger partial charge in [-0.25, -0.2) is 13.1 Å². The first kappa shape index (κ1) is 21.0. The van der Waals surface area contributed by atoms with E-state index in [0.29, 0.717) is 18.3 Å². The van der Waals surface area contributed by atoms with Crippen LogP contribution in [0.25, 0.3) is 0 Å². The molecule has 1 saturated heterocycles. The van der Waals surface area contributed by atoms with Crippen molar-refractivity contribution in [1.29, 1.82) is 0 Å². The smallest absolute Gasteiger partial charge is 0.293 e. The van der Waals surface area contributed by atoms with Crippen LogP contribution in [0.2, 0.25) is 0 Å². The van der Waals surface area contributed by atoms with Crippen LogP contribution in [0.15, 0.2) is 23.1 Å². The lowest BCUT2D eigenvalue weighted by Gasteiger charge is -2.31. The standard InChI is InChI=1S/C19H30N4O4S/c1-20-28(26,27)17-9-10-18(19(12-17)23(24)25)21-13-16-8-5-11-22(16)14-15-6-3-2-4-7-15/h9-10,12,15-16,20-21H,2-8,11,13-14H2,1H3/t16-/m1/s1. The van der Waals surface area contributed by atoms with Crippen LogP contribution in [0.4, 0.5) is 11.4 Å². The van der Waals surface area contributed by atoms with Gasteiger partial charge >= 0.3 is 0 Å². The molecule has 9 heteroatoms. The van der Waals surface area contributed by atoms with Gasteiger partial charge in [0.2, 0.25) is 10.0 Å². The van der Waals surface area contributed by atoms with Gasteiger partial charge in [-0.3, -0.25) is 15.0 Å².